The molecule has 7 heteroatoms. The van der Waals surface area contributed by atoms with Crippen molar-refractivity contribution in [2.24, 2.45) is 11.8 Å². The topological polar surface area (TPSA) is 64.4 Å². The van der Waals surface area contributed by atoms with Crippen LogP contribution in [0.4, 0.5) is 5.95 Å². The Balaban J connectivity index is 1.96. The van der Waals surface area contributed by atoms with Crippen molar-refractivity contribution in [3.8, 4) is 0 Å². The van der Waals surface area contributed by atoms with Gasteiger partial charge >= 0.3 is 5.97 Å². The molecule has 4 rings (SSSR count). The molecule has 2 atom stereocenters. The molecule has 0 saturated carbocycles. The first-order valence-corrected chi connectivity index (χ1v) is 11.3. The van der Waals surface area contributed by atoms with Crippen molar-refractivity contribution in [1.82, 2.24) is 9.55 Å². The number of nitrogens with zero attached hydrogens (tertiary/aromatic N) is 3. The summed E-state index contributed by atoms with van der Waals surface area (Å²) in [5.41, 5.74) is 2.80. The number of carbonyl (C=O) groups is 2. The highest BCUT2D eigenvalue weighted by atomic mass is 32.1. The maximum atomic E-state index is 13.7. The van der Waals surface area contributed by atoms with Crippen LogP contribution in [0.25, 0.3) is 11.0 Å². The van der Waals surface area contributed by atoms with E-state index in [1.807, 2.05) is 42.6 Å². The van der Waals surface area contributed by atoms with E-state index in [0.29, 0.717) is 18.4 Å². The summed E-state index contributed by atoms with van der Waals surface area (Å²) in [6.07, 6.45) is 0.827. The van der Waals surface area contributed by atoms with Crippen molar-refractivity contribution < 1.29 is 14.3 Å². The summed E-state index contributed by atoms with van der Waals surface area (Å²) >= 11 is 1.57. The van der Waals surface area contributed by atoms with E-state index in [-0.39, 0.29) is 12.5 Å². The second-order valence-corrected chi connectivity index (χ2v) is 9.03. The van der Waals surface area contributed by atoms with E-state index in [2.05, 4.69) is 18.4 Å². The Hall–Kier alpha value is -2.67. The highest BCUT2D eigenvalue weighted by molar-refractivity contribution is 7.10. The molecule has 1 amide bonds. The lowest BCUT2D eigenvalue weighted by molar-refractivity contribution is -0.153. The molecule has 0 aliphatic carbocycles. The summed E-state index contributed by atoms with van der Waals surface area (Å²) in [6, 6.07) is 9.41. The van der Waals surface area contributed by atoms with Gasteiger partial charge in [-0.15, -0.1) is 11.3 Å². The predicted molar refractivity (Wildman–Crippen MR) is 119 cm³/mol. The van der Waals surface area contributed by atoms with Crippen molar-refractivity contribution in [3.63, 3.8) is 0 Å². The second kappa shape index (κ2) is 8.22. The number of carbonyl (C=O) groups excluding carboxylic acids is 2. The van der Waals surface area contributed by atoms with Crippen LogP contribution in [0.1, 0.15) is 43.7 Å². The molecular formula is C23H27N3O3S. The first-order valence-electron chi connectivity index (χ1n) is 10.4. The number of ether oxygens (including phenoxy) is 1. The van der Waals surface area contributed by atoms with Crippen LogP contribution in [-0.4, -0.2) is 34.6 Å². The quantitative estimate of drug-likeness (QED) is 0.429. The van der Waals surface area contributed by atoms with Gasteiger partial charge in [-0.1, -0.05) is 26.0 Å². The number of rotatable bonds is 6. The molecule has 1 aliphatic rings. The number of imidazole rings is 1. The van der Waals surface area contributed by atoms with E-state index in [0.717, 1.165) is 27.9 Å². The second-order valence-electron chi connectivity index (χ2n) is 8.09. The molecule has 0 saturated heterocycles. The van der Waals surface area contributed by atoms with Crippen LogP contribution in [0.15, 0.2) is 35.7 Å². The highest BCUT2D eigenvalue weighted by Crippen LogP contribution is 2.43. The molecule has 1 aromatic carbocycles. The van der Waals surface area contributed by atoms with E-state index >= 15 is 0 Å². The van der Waals surface area contributed by atoms with Gasteiger partial charge in [-0.25, -0.2) is 4.98 Å². The Kier molecular flexibility index (Phi) is 5.64. The van der Waals surface area contributed by atoms with E-state index in [4.69, 9.17) is 9.72 Å². The summed E-state index contributed by atoms with van der Waals surface area (Å²) < 4.78 is 7.45. The fourth-order valence-corrected chi connectivity index (χ4v) is 5.12. The fraction of sp³-hybridized carbons (Fsp3) is 0.435. The number of para-hydroxylation sites is 2. The molecule has 0 fully saturated rings. The van der Waals surface area contributed by atoms with Crippen molar-refractivity contribution in [2.75, 3.05) is 18.1 Å². The average molecular weight is 426 g/mol. The number of thiophene rings is 1. The van der Waals surface area contributed by atoms with Gasteiger partial charge in [0.25, 0.3) is 0 Å². The first kappa shape index (κ1) is 20.6. The lowest BCUT2D eigenvalue weighted by Gasteiger charge is -2.37. The SMILES string of the molecule is CCOC(=O)[C@H]1C(=O)N(CCC(C)C)c2nc3ccccc3n2[C@@H]1c1sccc1C. The molecule has 158 valence electrons. The summed E-state index contributed by atoms with van der Waals surface area (Å²) in [5.74, 6) is -0.596. The Bertz CT molecular complexity index is 1080. The third kappa shape index (κ3) is 3.41. The lowest BCUT2D eigenvalue weighted by atomic mass is 9.92. The smallest absolute Gasteiger partial charge is 0.321 e. The molecular weight excluding hydrogens is 398 g/mol. The number of aromatic nitrogens is 2. The van der Waals surface area contributed by atoms with Gasteiger partial charge in [0.05, 0.1) is 23.7 Å². The number of amides is 1. The third-order valence-electron chi connectivity index (χ3n) is 5.59. The van der Waals surface area contributed by atoms with E-state index < -0.39 is 17.9 Å². The van der Waals surface area contributed by atoms with Crippen molar-refractivity contribution >= 4 is 40.2 Å². The minimum atomic E-state index is -0.931. The first-order chi connectivity index (χ1) is 14.4. The molecule has 0 radical (unpaired) electrons. The standard InChI is InChI=1S/C23H27N3O3S/c1-5-29-22(28)18-19(20-15(4)11-13-30-20)26-17-9-7-6-8-16(17)24-23(26)25(21(18)27)12-10-14(2)3/h6-9,11,13-14,18-19H,5,10,12H2,1-4H3/t18-,19+/m1/s1. The minimum Gasteiger partial charge on any atom is -0.465 e. The number of fused-ring (bicyclic) bond motifs is 3. The normalized spacial score (nSPS) is 18.8. The number of hydrogen-bond acceptors (Lipinski definition) is 5. The van der Waals surface area contributed by atoms with Crippen LogP contribution in [0.5, 0.6) is 0 Å². The van der Waals surface area contributed by atoms with Gasteiger partial charge in [0.15, 0.2) is 5.92 Å². The zero-order valence-corrected chi connectivity index (χ0v) is 18.6. The molecule has 2 aromatic heterocycles. The number of esters is 1. The van der Waals surface area contributed by atoms with E-state index in [1.165, 1.54) is 0 Å². The number of anilines is 1. The highest BCUT2D eigenvalue weighted by Gasteiger charge is 2.48. The number of benzene rings is 1. The minimum absolute atomic E-state index is 0.227. The average Bonchev–Trinajstić information content (AvgIpc) is 3.30. The fourth-order valence-electron chi connectivity index (χ4n) is 4.06. The van der Waals surface area contributed by atoms with Crippen molar-refractivity contribution in [3.05, 3.63) is 46.2 Å². The van der Waals surface area contributed by atoms with Crippen LogP contribution < -0.4 is 4.90 Å². The van der Waals surface area contributed by atoms with Gasteiger partial charge in [0.1, 0.15) is 0 Å². The van der Waals surface area contributed by atoms with Crippen LogP contribution in [0.2, 0.25) is 0 Å². The van der Waals surface area contributed by atoms with Crippen molar-refractivity contribution in [1.29, 1.82) is 0 Å². The Labute approximate surface area is 180 Å². The maximum absolute atomic E-state index is 13.7. The van der Waals surface area contributed by atoms with Gasteiger partial charge in [0, 0.05) is 11.4 Å². The van der Waals surface area contributed by atoms with Gasteiger partial charge < -0.3 is 4.74 Å². The zero-order chi connectivity index (χ0) is 21.4. The Morgan fingerprint density at radius 2 is 2.03 bits per heavy atom. The molecule has 1 aliphatic heterocycles. The molecule has 3 heterocycles. The summed E-state index contributed by atoms with van der Waals surface area (Å²) in [7, 11) is 0. The number of aryl methyl sites for hydroxylation is 1. The zero-order valence-electron chi connectivity index (χ0n) is 17.8. The van der Waals surface area contributed by atoms with Crippen LogP contribution in [0, 0.1) is 18.8 Å². The molecule has 6 nitrogen and oxygen atoms in total. The van der Waals surface area contributed by atoms with Gasteiger partial charge in [-0.3, -0.25) is 19.1 Å². The molecule has 0 N–H and O–H groups in total. The lowest BCUT2D eigenvalue weighted by Crippen LogP contribution is -2.50. The van der Waals surface area contributed by atoms with E-state index in [1.54, 1.807) is 23.2 Å². The van der Waals surface area contributed by atoms with E-state index in [9.17, 15) is 9.59 Å². The van der Waals surface area contributed by atoms with Gasteiger partial charge in [0.2, 0.25) is 11.9 Å². The molecule has 0 unspecified atom stereocenters. The van der Waals surface area contributed by atoms with Crippen LogP contribution in [-0.2, 0) is 14.3 Å². The monoisotopic (exact) mass is 425 g/mol. The molecule has 0 spiro atoms. The van der Waals surface area contributed by atoms with Gasteiger partial charge in [-0.05, 0) is 55.3 Å². The molecule has 0 bridgehead atoms. The molecule has 3 aromatic rings. The summed E-state index contributed by atoms with van der Waals surface area (Å²) in [4.78, 5) is 34.3. The van der Waals surface area contributed by atoms with Crippen molar-refractivity contribution in [2.45, 2.75) is 40.2 Å². The summed E-state index contributed by atoms with van der Waals surface area (Å²) in [6.45, 7) is 8.79. The molecule has 30 heavy (non-hydrogen) atoms. The van der Waals surface area contributed by atoms with Gasteiger partial charge in [-0.2, -0.15) is 0 Å². The third-order valence-corrected chi connectivity index (χ3v) is 6.68. The Morgan fingerprint density at radius 3 is 2.70 bits per heavy atom. The largest absolute Gasteiger partial charge is 0.465 e. The predicted octanol–water partition coefficient (Wildman–Crippen LogP) is 4.57. The van der Waals surface area contributed by atoms with Crippen LogP contribution in [0.3, 0.4) is 0 Å². The number of hydrogen-bond donors (Lipinski definition) is 0. The summed E-state index contributed by atoms with van der Waals surface area (Å²) in [5, 5.41) is 2.00. The van der Waals surface area contributed by atoms with Crippen LogP contribution >= 0.6 is 11.3 Å². The Morgan fingerprint density at radius 1 is 1.27 bits per heavy atom. The maximum Gasteiger partial charge on any atom is 0.321 e.